The fourth-order valence-corrected chi connectivity index (χ4v) is 3.08. The van der Waals surface area contributed by atoms with Gasteiger partial charge < -0.3 is 4.74 Å². The first-order valence-corrected chi connectivity index (χ1v) is 8.20. The van der Waals surface area contributed by atoms with Crippen LogP contribution in [0.3, 0.4) is 0 Å². The van der Waals surface area contributed by atoms with Gasteiger partial charge in [0.2, 0.25) is 5.88 Å². The summed E-state index contributed by atoms with van der Waals surface area (Å²) in [6.07, 6.45) is 13.2. The standard InChI is InChI=1S/C19H18N4O/c1-2-4-18-16(3-1)17(15-10-21-13-22-11-15)9-19(23-18)24-12-14-5-7-20-8-6-14/h5-11,13H,1-4,12H2. The van der Waals surface area contributed by atoms with E-state index < -0.39 is 0 Å². The zero-order chi connectivity index (χ0) is 16.2. The molecule has 5 nitrogen and oxygen atoms in total. The zero-order valence-corrected chi connectivity index (χ0v) is 13.4. The molecule has 0 radical (unpaired) electrons. The van der Waals surface area contributed by atoms with Crippen LogP contribution in [0.4, 0.5) is 0 Å². The van der Waals surface area contributed by atoms with Crippen molar-refractivity contribution in [2.24, 2.45) is 0 Å². The minimum absolute atomic E-state index is 0.485. The number of aromatic nitrogens is 4. The highest BCUT2D eigenvalue weighted by molar-refractivity contribution is 5.68. The van der Waals surface area contributed by atoms with Crippen LogP contribution in [0.15, 0.2) is 49.3 Å². The van der Waals surface area contributed by atoms with Crippen molar-refractivity contribution < 1.29 is 4.74 Å². The van der Waals surface area contributed by atoms with Gasteiger partial charge in [-0.3, -0.25) is 4.98 Å². The number of aryl methyl sites for hydroxylation is 1. The molecule has 4 rings (SSSR count). The van der Waals surface area contributed by atoms with Crippen LogP contribution in [0, 0.1) is 0 Å². The van der Waals surface area contributed by atoms with Crippen molar-refractivity contribution >= 4 is 0 Å². The molecule has 0 saturated carbocycles. The van der Waals surface area contributed by atoms with Crippen molar-refractivity contribution in [1.82, 2.24) is 19.9 Å². The van der Waals surface area contributed by atoms with Crippen molar-refractivity contribution in [2.45, 2.75) is 32.3 Å². The predicted octanol–water partition coefficient (Wildman–Crippen LogP) is 3.39. The third-order valence-electron chi connectivity index (χ3n) is 4.28. The highest BCUT2D eigenvalue weighted by Gasteiger charge is 2.18. The molecule has 0 bridgehead atoms. The van der Waals surface area contributed by atoms with E-state index in [4.69, 9.17) is 9.72 Å². The fourth-order valence-electron chi connectivity index (χ4n) is 3.08. The summed E-state index contributed by atoms with van der Waals surface area (Å²) in [6.45, 7) is 0.485. The molecule has 0 fully saturated rings. The lowest BCUT2D eigenvalue weighted by Gasteiger charge is -2.20. The van der Waals surface area contributed by atoms with E-state index in [1.807, 2.05) is 30.6 Å². The van der Waals surface area contributed by atoms with E-state index in [2.05, 4.69) is 15.0 Å². The number of nitrogens with zero attached hydrogens (tertiary/aromatic N) is 4. The van der Waals surface area contributed by atoms with Crippen molar-refractivity contribution in [3.05, 3.63) is 66.1 Å². The van der Waals surface area contributed by atoms with Crippen LogP contribution in [-0.2, 0) is 19.4 Å². The Bertz CT molecular complexity index is 822. The number of fused-ring (bicyclic) bond motifs is 1. The maximum Gasteiger partial charge on any atom is 0.214 e. The van der Waals surface area contributed by atoms with E-state index in [9.17, 15) is 0 Å². The molecule has 3 aromatic rings. The zero-order valence-electron chi connectivity index (χ0n) is 13.4. The summed E-state index contributed by atoms with van der Waals surface area (Å²) in [7, 11) is 0. The van der Waals surface area contributed by atoms with E-state index >= 15 is 0 Å². The Hall–Kier alpha value is -2.82. The Labute approximate surface area is 140 Å². The molecule has 24 heavy (non-hydrogen) atoms. The highest BCUT2D eigenvalue weighted by Crippen LogP contribution is 2.33. The minimum Gasteiger partial charge on any atom is -0.473 e. The second kappa shape index (κ2) is 6.74. The van der Waals surface area contributed by atoms with Gasteiger partial charge in [0.1, 0.15) is 12.9 Å². The van der Waals surface area contributed by atoms with Gasteiger partial charge in [0.25, 0.3) is 0 Å². The van der Waals surface area contributed by atoms with Crippen LogP contribution in [0.2, 0.25) is 0 Å². The van der Waals surface area contributed by atoms with Gasteiger partial charge in [-0.15, -0.1) is 0 Å². The molecule has 1 aliphatic rings. The predicted molar refractivity (Wildman–Crippen MR) is 90.5 cm³/mol. The van der Waals surface area contributed by atoms with Gasteiger partial charge in [-0.25, -0.2) is 15.0 Å². The summed E-state index contributed by atoms with van der Waals surface area (Å²) in [5.74, 6) is 0.659. The maximum atomic E-state index is 5.94. The average Bonchev–Trinajstić information content (AvgIpc) is 2.67. The molecule has 0 spiro atoms. The van der Waals surface area contributed by atoms with Gasteiger partial charge in [0.15, 0.2) is 0 Å². The number of hydrogen-bond donors (Lipinski definition) is 0. The molecular weight excluding hydrogens is 300 g/mol. The molecule has 0 atom stereocenters. The molecule has 0 aliphatic heterocycles. The minimum atomic E-state index is 0.485. The highest BCUT2D eigenvalue weighted by atomic mass is 16.5. The molecule has 0 N–H and O–H groups in total. The summed E-state index contributed by atoms with van der Waals surface area (Å²) in [5.41, 5.74) is 5.70. The number of hydrogen-bond acceptors (Lipinski definition) is 5. The summed E-state index contributed by atoms with van der Waals surface area (Å²) in [6, 6.07) is 5.92. The van der Waals surface area contributed by atoms with Gasteiger partial charge in [-0.1, -0.05) is 0 Å². The number of ether oxygens (including phenoxy) is 1. The molecule has 120 valence electrons. The van der Waals surface area contributed by atoms with E-state index in [-0.39, 0.29) is 0 Å². The summed E-state index contributed by atoms with van der Waals surface area (Å²) in [5, 5.41) is 0. The van der Waals surface area contributed by atoms with Crippen molar-refractivity contribution in [2.75, 3.05) is 0 Å². The molecule has 3 aromatic heterocycles. The quantitative estimate of drug-likeness (QED) is 0.738. The molecular formula is C19H18N4O. The molecule has 0 unspecified atom stereocenters. The fraction of sp³-hybridized carbons (Fsp3) is 0.263. The largest absolute Gasteiger partial charge is 0.473 e. The van der Waals surface area contributed by atoms with Crippen molar-refractivity contribution in [1.29, 1.82) is 0 Å². The first-order valence-electron chi connectivity index (χ1n) is 8.20. The second-order valence-corrected chi connectivity index (χ2v) is 5.91. The lowest BCUT2D eigenvalue weighted by atomic mass is 9.90. The lowest BCUT2D eigenvalue weighted by molar-refractivity contribution is 0.292. The summed E-state index contributed by atoms with van der Waals surface area (Å²) >= 11 is 0. The Morgan fingerprint density at radius 3 is 2.58 bits per heavy atom. The first-order chi connectivity index (χ1) is 11.9. The monoisotopic (exact) mass is 318 g/mol. The van der Waals surface area contributed by atoms with Crippen LogP contribution < -0.4 is 4.74 Å². The molecule has 0 amide bonds. The molecule has 0 saturated heterocycles. The molecule has 0 aromatic carbocycles. The van der Waals surface area contributed by atoms with Crippen molar-refractivity contribution in [3.63, 3.8) is 0 Å². The van der Waals surface area contributed by atoms with Crippen LogP contribution in [0.25, 0.3) is 11.1 Å². The van der Waals surface area contributed by atoms with Gasteiger partial charge in [-0.05, 0) is 54.5 Å². The van der Waals surface area contributed by atoms with Crippen LogP contribution >= 0.6 is 0 Å². The van der Waals surface area contributed by atoms with Crippen molar-refractivity contribution in [3.8, 4) is 17.0 Å². The van der Waals surface area contributed by atoms with Gasteiger partial charge >= 0.3 is 0 Å². The summed E-state index contributed by atoms with van der Waals surface area (Å²) in [4.78, 5) is 17.1. The Morgan fingerprint density at radius 2 is 1.75 bits per heavy atom. The average molecular weight is 318 g/mol. The second-order valence-electron chi connectivity index (χ2n) is 5.91. The van der Waals surface area contributed by atoms with E-state index in [0.717, 1.165) is 35.2 Å². The molecule has 1 aliphatic carbocycles. The van der Waals surface area contributed by atoms with Gasteiger partial charge in [0, 0.05) is 42.1 Å². The smallest absolute Gasteiger partial charge is 0.214 e. The van der Waals surface area contributed by atoms with E-state index in [1.54, 1.807) is 18.7 Å². The Morgan fingerprint density at radius 1 is 0.958 bits per heavy atom. The molecule has 3 heterocycles. The number of rotatable bonds is 4. The van der Waals surface area contributed by atoms with Crippen LogP contribution in [-0.4, -0.2) is 19.9 Å². The van der Waals surface area contributed by atoms with E-state index in [1.165, 1.54) is 18.4 Å². The Kier molecular flexibility index (Phi) is 4.14. The first kappa shape index (κ1) is 14.8. The van der Waals surface area contributed by atoms with Gasteiger partial charge in [-0.2, -0.15) is 0 Å². The molecule has 5 heteroatoms. The lowest BCUT2D eigenvalue weighted by Crippen LogP contribution is -2.09. The van der Waals surface area contributed by atoms with Crippen LogP contribution in [0.5, 0.6) is 5.88 Å². The van der Waals surface area contributed by atoms with Crippen LogP contribution in [0.1, 0.15) is 29.7 Å². The summed E-state index contributed by atoms with van der Waals surface area (Å²) < 4.78 is 5.94. The van der Waals surface area contributed by atoms with E-state index in [0.29, 0.717) is 12.5 Å². The van der Waals surface area contributed by atoms with Gasteiger partial charge in [0.05, 0.1) is 0 Å². The Balaban J connectivity index is 1.68. The third kappa shape index (κ3) is 3.11. The third-order valence-corrected chi connectivity index (χ3v) is 4.28. The topological polar surface area (TPSA) is 60.8 Å². The maximum absolute atomic E-state index is 5.94. The normalized spacial score (nSPS) is 13.3. The number of pyridine rings is 2. The SMILES string of the molecule is c1cc(COc2cc(-c3cncnc3)c3c(n2)CCCC3)ccn1.